The SMILES string of the molecule is CC(C)=CCC1=C(O)C2(CC=C(C)C)CC(CC=C(C)C)CC(C(=O)c3ccccc3)(C1=O)C2=O. The molecule has 0 spiro atoms. The highest BCUT2D eigenvalue weighted by Gasteiger charge is 2.68. The van der Waals surface area contributed by atoms with Crippen molar-refractivity contribution in [2.24, 2.45) is 16.7 Å². The van der Waals surface area contributed by atoms with Crippen LogP contribution < -0.4 is 0 Å². The highest BCUT2D eigenvalue weighted by Crippen LogP contribution is 2.58. The lowest BCUT2D eigenvalue weighted by atomic mass is 9.48. The van der Waals surface area contributed by atoms with E-state index < -0.39 is 28.2 Å². The standard InChI is InChI=1S/C31H38O4/c1-20(2)12-14-23-18-30(17-16-22(5)6)27(33)25(15-13-21(3)4)28(34)31(19-23,29(30)35)26(32)24-10-8-7-9-11-24/h7-13,16,23,33H,14-15,17-19H2,1-6H3. The maximum absolute atomic E-state index is 14.4. The quantitative estimate of drug-likeness (QED) is 0.244. The van der Waals surface area contributed by atoms with E-state index in [0.29, 0.717) is 18.4 Å². The lowest BCUT2D eigenvalue weighted by Crippen LogP contribution is -2.62. The molecule has 3 rings (SSSR count). The first-order valence-corrected chi connectivity index (χ1v) is 12.5. The van der Waals surface area contributed by atoms with E-state index >= 15 is 0 Å². The topological polar surface area (TPSA) is 71.4 Å². The molecule has 0 amide bonds. The Kier molecular flexibility index (Phi) is 7.83. The molecule has 1 aromatic rings. The second kappa shape index (κ2) is 10.3. The van der Waals surface area contributed by atoms with Crippen molar-refractivity contribution >= 4 is 17.3 Å². The minimum absolute atomic E-state index is 0.0862. The summed E-state index contributed by atoms with van der Waals surface area (Å²) in [7, 11) is 0. The predicted molar refractivity (Wildman–Crippen MR) is 140 cm³/mol. The number of carbonyl (C=O) groups is 3. The highest BCUT2D eigenvalue weighted by atomic mass is 16.3. The molecule has 186 valence electrons. The Hall–Kier alpha value is -3.01. The van der Waals surface area contributed by atoms with Crippen molar-refractivity contribution in [1.29, 1.82) is 0 Å². The van der Waals surface area contributed by atoms with Crippen molar-refractivity contribution in [1.82, 2.24) is 0 Å². The van der Waals surface area contributed by atoms with E-state index in [1.165, 1.54) is 0 Å². The molecule has 2 bridgehead atoms. The molecule has 0 radical (unpaired) electrons. The van der Waals surface area contributed by atoms with Gasteiger partial charge in [-0.2, -0.15) is 0 Å². The molecular weight excluding hydrogens is 436 g/mol. The average molecular weight is 475 g/mol. The fourth-order valence-corrected chi connectivity index (χ4v) is 5.50. The number of hydrogen-bond donors (Lipinski definition) is 1. The summed E-state index contributed by atoms with van der Waals surface area (Å²) in [6, 6.07) is 8.65. The van der Waals surface area contributed by atoms with E-state index in [4.69, 9.17) is 0 Å². The van der Waals surface area contributed by atoms with Crippen LogP contribution >= 0.6 is 0 Å². The first-order valence-electron chi connectivity index (χ1n) is 12.5. The molecule has 3 unspecified atom stereocenters. The fourth-order valence-electron chi connectivity index (χ4n) is 5.50. The molecule has 1 fully saturated rings. The zero-order valence-corrected chi connectivity index (χ0v) is 21.9. The second-order valence-corrected chi connectivity index (χ2v) is 10.9. The van der Waals surface area contributed by atoms with Gasteiger partial charge in [0.25, 0.3) is 0 Å². The Labute approximate surface area is 209 Å². The third kappa shape index (κ3) is 4.89. The van der Waals surface area contributed by atoms with E-state index in [9.17, 15) is 19.5 Å². The molecule has 1 N–H and O–H groups in total. The first-order chi connectivity index (χ1) is 16.5. The van der Waals surface area contributed by atoms with Crippen molar-refractivity contribution in [3.63, 3.8) is 0 Å². The van der Waals surface area contributed by atoms with E-state index in [1.807, 2.05) is 59.8 Å². The van der Waals surface area contributed by atoms with Gasteiger partial charge >= 0.3 is 0 Å². The maximum Gasteiger partial charge on any atom is 0.184 e. The Morgan fingerprint density at radius 2 is 1.51 bits per heavy atom. The lowest BCUT2D eigenvalue weighted by molar-refractivity contribution is -0.151. The smallest absolute Gasteiger partial charge is 0.184 e. The van der Waals surface area contributed by atoms with Gasteiger partial charge in [0.1, 0.15) is 5.76 Å². The number of fused-ring (bicyclic) bond motifs is 2. The number of carbonyl (C=O) groups excluding carboxylic acids is 3. The maximum atomic E-state index is 14.4. The molecule has 3 atom stereocenters. The zero-order chi connectivity index (χ0) is 26.0. The summed E-state index contributed by atoms with van der Waals surface area (Å²) in [6.45, 7) is 11.8. The summed E-state index contributed by atoms with van der Waals surface area (Å²) < 4.78 is 0. The van der Waals surface area contributed by atoms with Crippen LogP contribution in [-0.2, 0) is 9.59 Å². The number of allylic oxidation sites excluding steroid dienone is 8. The summed E-state index contributed by atoms with van der Waals surface area (Å²) >= 11 is 0. The Balaban J connectivity index is 2.32. The van der Waals surface area contributed by atoms with E-state index in [-0.39, 0.29) is 36.5 Å². The summed E-state index contributed by atoms with van der Waals surface area (Å²) in [5.74, 6) is -1.63. The zero-order valence-electron chi connectivity index (χ0n) is 21.9. The first kappa shape index (κ1) is 26.6. The third-order valence-electron chi connectivity index (χ3n) is 7.31. The van der Waals surface area contributed by atoms with Gasteiger partial charge in [0.05, 0.1) is 5.41 Å². The van der Waals surface area contributed by atoms with Gasteiger partial charge in [-0.25, -0.2) is 0 Å². The minimum Gasteiger partial charge on any atom is -0.511 e. The van der Waals surface area contributed by atoms with E-state index in [1.54, 1.807) is 24.3 Å². The molecule has 0 heterocycles. The van der Waals surface area contributed by atoms with Crippen LogP contribution in [-0.4, -0.2) is 22.5 Å². The summed E-state index contributed by atoms with van der Waals surface area (Å²) in [4.78, 5) is 42.6. The molecular formula is C31H38O4. The van der Waals surface area contributed by atoms with Gasteiger partial charge in [-0.1, -0.05) is 65.3 Å². The predicted octanol–water partition coefficient (Wildman–Crippen LogP) is 7.28. The van der Waals surface area contributed by atoms with Crippen LogP contribution in [0.1, 0.15) is 84.0 Å². The molecule has 2 aliphatic rings. The molecule has 4 nitrogen and oxygen atoms in total. The van der Waals surface area contributed by atoms with Crippen LogP contribution in [0, 0.1) is 16.7 Å². The summed E-state index contributed by atoms with van der Waals surface area (Å²) in [6.07, 6.45) is 7.65. The van der Waals surface area contributed by atoms with Crippen molar-refractivity contribution in [3.8, 4) is 0 Å². The van der Waals surface area contributed by atoms with Crippen LogP contribution in [0.3, 0.4) is 0 Å². The second-order valence-electron chi connectivity index (χ2n) is 10.9. The Bertz CT molecular complexity index is 1140. The normalized spacial score (nSPS) is 25.7. The number of ketones is 3. The molecule has 4 heteroatoms. The van der Waals surface area contributed by atoms with Crippen molar-refractivity contribution in [3.05, 3.63) is 82.2 Å². The number of benzene rings is 1. The number of Topliss-reactive ketones (excluding diaryl/α,β-unsaturated/α-hetero) is 3. The number of aliphatic hydroxyl groups is 1. The Morgan fingerprint density at radius 3 is 2.09 bits per heavy atom. The van der Waals surface area contributed by atoms with Crippen LogP contribution in [0.5, 0.6) is 0 Å². The molecule has 35 heavy (non-hydrogen) atoms. The van der Waals surface area contributed by atoms with Gasteiger partial charge in [0.2, 0.25) is 0 Å². The van der Waals surface area contributed by atoms with Crippen LogP contribution in [0.4, 0.5) is 0 Å². The van der Waals surface area contributed by atoms with E-state index in [2.05, 4.69) is 6.08 Å². The van der Waals surface area contributed by atoms with Gasteiger partial charge in [0.15, 0.2) is 22.8 Å². The molecule has 0 aromatic heterocycles. The van der Waals surface area contributed by atoms with E-state index in [0.717, 1.165) is 16.7 Å². The fraction of sp³-hybridized carbons (Fsp3) is 0.452. The molecule has 1 saturated carbocycles. The van der Waals surface area contributed by atoms with Crippen molar-refractivity contribution < 1.29 is 19.5 Å². The molecule has 0 saturated heterocycles. The van der Waals surface area contributed by atoms with Gasteiger partial charge in [-0.3, -0.25) is 14.4 Å². The minimum atomic E-state index is -1.81. The van der Waals surface area contributed by atoms with Crippen LogP contribution in [0.25, 0.3) is 0 Å². The molecule has 2 aliphatic carbocycles. The third-order valence-corrected chi connectivity index (χ3v) is 7.31. The van der Waals surface area contributed by atoms with Crippen LogP contribution in [0.15, 0.2) is 76.6 Å². The van der Waals surface area contributed by atoms with Gasteiger partial charge in [-0.15, -0.1) is 0 Å². The van der Waals surface area contributed by atoms with Gasteiger partial charge < -0.3 is 5.11 Å². The van der Waals surface area contributed by atoms with Crippen molar-refractivity contribution in [2.75, 3.05) is 0 Å². The molecule has 0 aliphatic heterocycles. The number of aliphatic hydroxyl groups excluding tert-OH is 1. The number of hydrogen-bond acceptors (Lipinski definition) is 4. The largest absolute Gasteiger partial charge is 0.511 e. The Morgan fingerprint density at radius 1 is 0.914 bits per heavy atom. The van der Waals surface area contributed by atoms with Crippen LogP contribution in [0.2, 0.25) is 0 Å². The van der Waals surface area contributed by atoms with Crippen molar-refractivity contribution in [2.45, 2.75) is 73.6 Å². The highest BCUT2D eigenvalue weighted by molar-refractivity contribution is 6.35. The average Bonchev–Trinajstić information content (AvgIpc) is 2.81. The summed E-state index contributed by atoms with van der Waals surface area (Å²) in [5.41, 5.74) is 0.640. The summed E-state index contributed by atoms with van der Waals surface area (Å²) in [5, 5.41) is 11.6. The van der Waals surface area contributed by atoms with Gasteiger partial charge in [0, 0.05) is 11.1 Å². The lowest BCUT2D eigenvalue weighted by Gasteiger charge is -2.51. The number of rotatable bonds is 8. The molecule has 1 aromatic carbocycles. The monoisotopic (exact) mass is 474 g/mol. The van der Waals surface area contributed by atoms with Gasteiger partial charge in [-0.05, 0) is 79.6 Å².